The van der Waals surface area contributed by atoms with E-state index in [1.807, 2.05) is 24.3 Å². The van der Waals surface area contributed by atoms with Crippen molar-refractivity contribution in [2.24, 2.45) is 9.98 Å². The highest BCUT2D eigenvalue weighted by atomic mass is 32.2. The van der Waals surface area contributed by atoms with Crippen LogP contribution in [0.2, 0.25) is 0 Å². The van der Waals surface area contributed by atoms with Gasteiger partial charge in [-0.1, -0.05) is 23.5 Å². The fourth-order valence-corrected chi connectivity index (χ4v) is 4.27. The van der Waals surface area contributed by atoms with Gasteiger partial charge < -0.3 is 8.83 Å². The van der Waals surface area contributed by atoms with E-state index >= 15 is 0 Å². The molecule has 0 radical (unpaired) electrons. The Morgan fingerprint density at radius 1 is 0.833 bits per heavy atom. The zero-order valence-electron chi connectivity index (χ0n) is 9.15. The zero-order chi connectivity index (χ0) is 11.9. The van der Waals surface area contributed by atoms with Crippen molar-refractivity contribution in [3.8, 4) is 0 Å². The summed E-state index contributed by atoms with van der Waals surface area (Å²) in [6.07, 6.45) is 3.33. The molecule has 0 saturated carbocycles. The summed E-state index contributed by atoms with van der Waals surface area (Å²) in [6, 6.07) is 7.60. The summed E-state index contributed by atoms with van der Waals surface area (Å²) in [4.78, 5) is 9.29. The maximum Gasteiger partial charge on any atom is 0.158 e. The van der Waals surface area contributed by atoms with E-state index < -0.39 is 0 Å². The van der Waals surface area contributed by atoms with E-state index in [9.17, 15) is 0 Å². The molecule has 0 amide bonds. The Morgan fingerprint density at radius 2 is 1.33 bits per heavy atom. The first-order valence-electron chi connectivity index (χ1n) is 5.47. The van der Waals surface area contributed by atoms with Crippen LogP contribution in [0.25, 0.3) is 0 Å². The predicted molar refractivity (Wildman–Crippen MR) is 73.2 cm³/mol. The van der Waals surface area contributed by atoms with Crippen LogP contribution >= 0.6 is 23.5 Å². The van der Waals surface area contributed by atoms with Gasteiger partial charge in [-0.2, -0.15) is 0 Å². The SMILES string of the molecule is c1coc(C2=N[C@H]3SC(c4ccco4)=N[C@@H]3S2)c1. The molecule has 90 valence electrons. The minimum atomic E-state index is 0.134. The number of hydrogen-bond acceptors (Lipinski definition) is 6. The van der Waals surface area contributed by atoms with E-state index in [1.54, 1.807) is 36.1 Å². The highest BCUT2D eigenvalue weighted by molar-refractivity contribution is 8.20. The molecular formula is C12H8N2O2S2. The molecule has 0 N–H and O–H groups in total. The molecule has 4 heterocycles. The third-order valence-electron chi connectivity index (χ3n) is 2.66. The Labute approximate surface area is 112 Å². The first-order chi connectivity index (χ1) is 8.90. The van der Waals surface area contributed by atoms with E-state index in [1.165, 1.54) is 0 Å². The van der Waals surface area contributed by atoms with Crippen LogP contribution in [0.15, 0.2) is 55.6 Å². The van der Waals surface area contributed by atoms with Crippen LogP contribution < -0.4 is 0 Å². The van der Waals surface area contributed by atoms with Gasteiger partial charge in [0.15, 0.2) is 11.5 Å². The minimum absolute atomic E-state index is 0.134. The van der Waals surface area contributed by atoms with E-state index in [2.05, 4.69) is 9.98 Å². The number of aliphatic imine (C=N–C) groups is 2. The molecule has 0 aliphatic carbocycles. The van der Waals surface area contributed by atoms with Crippen LogP contribution in [0, 0.1) is 0 Å². The molecule has 2 aromatic rings. The molecule has 0 unspecified atom stereocenters. The second kappa shape index (κ2) is 4.07. The highest BCUT2D eigenvalue weighted by Gasteiger charge is 2.38. The van der Waals surface area contributed by atoms with Crippen molar-refractivity contribution < 1.29 is 8.83 Å². The number of nitrogens with zero attached hydrogens (tertiary/aromatic N) is 2. The Hall–Kier alpha value is -1.40. The molecule has 0 saturated heterocycles. The number of furan rings is 2. The van der Waals surface area contributed by atoms with Crippen molar-refractivity contribution in [2.75, 3.05) is 0 Å². The lowest BCUT2D eigenvalue weighted by Gasteiger charge is -1.99. The third kappa shape index (κ3) is 1.64. The summed E-state index contributed by atoms with van der Waals surface area (Å²) in [5, 5.41) is 2.14. The minimum Gasteiger partial charge on any atom is -0.462 e. The Balaban J connectivity index is 1.57. The van der Waals surface area contributed by atoms with Crippen LogP contribution in [0.4, 0.5) is 0 Å². The molecule has 2 aliphatic heterocycles. The summed E-state index contributed by atoms with van der Waals surface area (Å²) in [5.41, 5.74) is 0. The van der Waals surface area contributed by atoms with Crippen molar-refractivity contribution in [3.63, 3.8) is 0 Å². The largest absolute Gasteiger partial charge is 0.462 e. The fourth-order valence-electron chi connectivity index (χ4n) is 1.86. The number of fused-ring (bicyclic) bond motifs is 1. The van der Waals surface area contributed by atoms with Gasteiger partial charge in [0, 0.05) is 0 Å². The summed E-state index contributed by atoms with van der Waals surface area (Å²) in [6.45, 7) is 0. The molecule has 2 aliphatic rings. The second-order valence-corrected chi connectivity index (χ2v) is 6.05. The first-order valence-corrected chi connectivity index (χ1v) is 7.23. The van der Waals surface area contributed by atoms with Crippen LogP contribution in [0.3, 0.4) is 0 Å². The van der Waals surface area contributed by atoms with Crippen LogP contribution in [-0.4, -0.2) is 20.8 Å². The van der Waals surface area contributed by atoms with Crippen LogP contribution in [0.5, 0.6) is 0 Å². The van der Waals surface area contributed by atoms with Gasteiger partial charge in [0.2, 0.25) is 0 Å². The van der Waals surface area contributed by atoms with Crippen LogP contribution in [0.1, 0.15) is 11.5 Å². The van der Waals surface area contributed by atoms with Gasteiger partial charge in [0.05, 0.1) is 12.5 Å². The number of hydrogen-bond donors (Lipinski definition) is 0. The molecule has 4 rings (SSSR count). The van der Waals surface area contributed by atoms with Gasteiger partial charge >= 0.3 is 0 Å². The fraction of sp³-hybridized carbons (Fsp3) is 0.167. The lowest BCUT2D eigenvalue weighted by molar-refractivity contribution is 0.559. The topological polar surface area (TPSA) is 51.0 Å². The standard InChI is InChI=1S/C12H8N2O2S2/c1-3-7(15-5-1)9-13-11-12(17-9)14-10(18-11)8-4-2-6-16-8/h1-6,11-12H/t11-,12+. The first kappa shape index (κ1) is 10.5. The number of thioether (sulfide) groups is 2. The summed E-state index contributed by atoms with van der Waals surface area (Å²) in [7, 11) is 0. The van der Waals surface area contributed by atoms with Gasteiger partial charge in [0.1, 0.15) is 20.8 Å². The summed E-state index contributed by atoms with van der Waals surface area (Å²) in [5.74, 6) is 1.65. The molecule has 18 heavy (non-hydrogen) atoms. The molecular weight excluding hydrogens is 268 g/mol. The van der Waals surface area contributed by atoms with Crippen LogP contribution in [-0.2, 0) is 0 Å². The Morgan fingerprint density at radius 3 is 1.72 bits per heavy atom. The monoisotopic (exact) mass is 276 g/mol. The summed E-state index contributed by atoms with van der Waals surface area (Å²) < 4.78 is 10.7. The Kier molecular flexibility index (Phi) is 2.38. The maximum atomic E-state index is 5.35. The quantitative estimate of drug-likeness (QED) is 0.845. The molecule has 6 heteroatoms. The Bertz CT molecular complexity index is 560. The number of rotatable bonds is 2. The van der Waals surface area contributed by atoms with Crippen molar-refractivity contribution in [3.05, 3.63) is 48.3 Å². The van der Waals surface area contributed by atoms with Gasteiger partial charge in [-0.05, 0) is 24.3 Å². The molecule has 0 bridgehead atoms. The predicted octanol–water partition coefficient (Wildman–Crippen LogP) is 3.21. The highest BCUT2D eigenvalue weighted by Crippen LogP contribution is 2.43. The normalized spacial score (nSPS) is 26.0. The second-order valence-electron chi connectivity index (χ2n) is 3.84. The van der Waals surface area contributed by atoms with Crippen molar-refractivity contribution in [1.82, 2.24) is 0 Å². The summed E-state index contributed by atoms with van der Waals surface area (Å²) >= 11 is 3.29. The van der Waals surface area contributed by atoms with E-state index in [4.69, 9.17) is 8.83 Å². The van der Waals surface area contributed by atoms with Gasteiger partial charge in [0.25, 0.3) is 0 Å². The maximum absolute atomic E-state index is 5.35. The van der Waals surface area contributed by atoms with Gasteiger partial charge in [-0.3, -0.25) is 9.98 Å². The van der Waals surface area contributed by atoms with Gasteiger partial charge in [-0.25, -0.2) is 0 Å². The lowest BCUT2D eigenvalue weighted by Crippen LogP contribution is -2.03. The van der Waals surface area contributed by atoms with E-state index in [-0.39, 0.29) is 10.7 Å². The molecule has 0 aromatic carbocycles. The van der Waals surface area contributed by atoms with Crippen molar-refractivity contribution in [2.45, 2.75) is 10.7 Å². The molecule has 4 nitrogen and oxygen atoms in total. The van der Waals surface area contributed by atoms with E-state index in [0.29, 0.717) is 0 Å². The molecule has 2 atom stereocenters. The van der Waals surface area contributed by atoms with Crippen molar-refractivity contribution >= 4 is 33.6 Å². The average Bonchev–Trinajstić information content (AvgIpc) is 3.13. The molecule has 2 aromatic heterocycles. The third-order valence-corrected chi connectivity index (χ3v) is 5.10. The average molecular weight is 276 g/mol. The lowest BCUT2D eigenvalue weighted by atomic mass is 10.5. The molecule has 0 spiro atoms. The zero-order valence-corrected chi connectivity index (χ0v) is 10.8. The van der Waals surface area contributed by atoms with E-state index in [0.717, 1.165) is 21.6 Å². The smallest absolute Gasteiger partial charge is 0.158 e. The molecule has 0 fully saturated rings. The van der Waals surface area contributed by atoms with Crippen molar-refractivity contribution in [1.29, 1.82) is 0 Å². The van der Waals surface area contributed by atoms with Gasteiger partial charge in [-0.15, -0.1) is 0 Å².